The van der Waals surface area contributed by atoms with E-state index in [1.807, 2.05) is 5.01 Å². The van der Waals surface area contributed by atoms with Crippen molar-refractivity contribution >= 4 is 11.7 Å². The molecule has 98 valence electrons. The third-order valence-electron chi connectivity index (χ3n) is 3.43. The van der Waals surface area contributed by atoms with E-state index in [0.717, 1.165) is 12.8 Å². The number of amides is 1. The van der Waals surface area contributed by atoms with Gasteiger partial charge in [-0.05, 0) is 38.8 Å². The zero-order chi connectivity index (χ0) is 13.1. The van der Waals surface area contributed by atoms with Gasteiger partial charge < -0.3 is 5.73 Å². The number of nitrogens with one attached hydrogen (secondary N) is 1. The maximum atomic E-state index is 12.1. The van der Waals surface area contributed by atoms with Gasteiger partial charge in [0.1, 0.15) is 11.5 Å². The number of hydrogen-bond acceptors (Lipinski definition) is 4. The van der Waals surface area contributed by atoms with Crippen LogP contribution in [-0.4, -0.2) is 28.0 Å². The quantitative estimate of drug-likeness (QED) is 0.833. The molecule has 1 aromatic heterocycles. The highest BCUT2D eigenvalue weighted by molar-refractivity contribution is 5.92. The number of piperidine rings is 1. The van der Waals surface area contributed by atoms with Gasteiger partial charge in [-0.25, -0.2) is 9.99 Å². The molecule has 2 rings (SSSR count). The molecule has 5 nitrogen and oxygen atoms in total. The van der Waals surface area contributed by atoms with Crippen LogP contribution in [0.1, 0.15) is 43.6 Å². The van der Waals surface area contributed by atoms with Crippen molar-refractivity contribution in [2.45, 2.75) is 45.2 Å². The van der Waals surface area contributed by atoms with Gasteiger partial charge in [0, 0.05) is 12.1 Å². The number of anilines is 1. The van der Waals surface area contributed by atoms with Gasteiger partial charge >= 0.3 is 0 Å². The van der Waals surface area contributed by atoms with Crippen LogP contribution in [0.25, 0.3) is 0 Å². The molecule has 1 fully saturated rings. The number of hydrogen-bond donors (Lipinski definition) is 2. The van der Waals surface area contributed by atoms with Crippen molar-refractivity contribution in [1.82, 2.24) is 15.4 Å². The van der Waals surface area contributed by atoms with Crippen molar-refractivity contribution in [3.63, 3.8) is 0 Å². The van der Waals surface area contributed by atoms with E-state index < -0.39 is 0 Å². The summed E-state index contributed by atoms with van der Waals surface area (Å²) < 4.78 is 0. The van der Waals surface area contributed by atoms with Crippen molar-refractivity contribution < 1.29 is 4.79 Å². The average Bonchev–Trinajstić information content (AvgIpc) is 2.34. The Kier molecular flexibility index (Phi) is 3.81. The SMILES string of the molecule is CC1CCCC(C)N1NC(=O)c1cccc(N)n1. The number of aromatic nitrogens is 1. The molecule has 0 aromatic carbocycles. The summed E-state index contributed by atoms with van der Waals surface area (Å²) >= 11 is 0. The summed E-state index contributed by atoms with van der Waals surface area (Å²) in [5, 5.41) is 2.02. The number of carbonyl (C=O) groups excluding carboxylic acids is 1. The predicted octanol–water partition coefficient (Wildman–Crippen LogP) is 1.57. The first-order chi connectivity index (χ1) is 8.58. The third kappa shape index (κ3) is 2.79. The summed E-state index contributed by atoms with van der Waals surface area (Å²) in [7, 11) is 0. The predicted molar refractivity (Wildman–Crippen MR) is 70.7 cm³/mol. The van der Waals surface area contributed by atoms with Crippen molar-refractivity contribution in [1.29, 1.82) is 0 Å². The number of carbonyl (C=O) groups is 1. The molecule has 5 heteroatoms. The monoisotopic (exact) mass is 248 g/mol. The van der Waals surface area contributed by atoms with E-state index in [4.69, 9.17) is 5.73 Å². The maximum Gasteiger partial charge on any atom is 0.284 e. The Morgan fingerprint density at radius 3 is 2.67 bits per heavy atom. The summed E-state index contributed by atoms with van der Waals surface area (Å²) in [6.45, 7) is 4.26. The third-order valence-corrected chi connectivity index (χ3v) is 3.43. The lowest BCUT2D eigenvalue weighted by Crippen LogP contribution is -2.54. The molecule has 0 bridgehead atoms. The van der Waals surface area contributed by atoms with Crippen molar-refractivity contribution in [2.24, 2.45) is 0 Å². The van der Waals surface area contributed by atoms with Gasteiger partial charge in [0.05, 0.1) is 0 Å². The van der Waals surface area contributed by atoms with Gasteiger partial charge in [-0.1, -0.05) is 12.5 Å². The van der Waals surface area contributed by atoms with E-state index >= 15 is 0 Å². The van der Waals surface area contributed by atoms with Gasteiger partial charge in [0.25, 0.3) is 5.91 Å². The maximum absolute atomic E-state index is 12.1. The second kappa shape index (κ2) is 5.35. The topological polar surface area (TPSA) is 71.2 Å². The highest BCUT2D eigenvalue weighted by Crippen LogP contribution is 2.20. The van der Waals surface area contributed by atoms with Crippen LogP contribution in [0.4, 0.5) is 5.82 Å². The summed E-state index contributed by atoms with van der Waals surface area (Å²) in [6, 6.07) is 5.80. The van der Waals surface area contributed by atoms with Crippen LogP contribution in [0.3, 0.4) is 0 Å². The van der Waals surface area contributed by atoms with Crippen molar-refractivity contribution in [3.8, 4) is 0 Å². The highest BCUT2D eigenvalue weighted by atomic mass is 16.2. The van der Waals surface area contributed by atoms with Crippen LogP contribution in [0.15, 0.2) is 18.2 Å². The Labute approximate surface area is 107 Å². The van der Waals surface area contributed by atoms with E-state index in [1.54, 1.807) is 18.2 Å². The first-order valence-electron chi connectivity index (χ1n) is 6.40. The van der Waals surface area contributed by atoms with Crippen LogP contribution < -0.4 is 11.2 Å². The van der Waals surface area contributed by atoms with E-state index in [2.05, 4.69) is 24.3 Å². The Morgan fingerprint density at radius 2 is 2.06 bits per heavy atom. The molecular weight excluding hydrogens is 228 g/mol. The van der Waals surface area contributed by atoms with Gasteiger partial charge in [0.2, 0.25) is 0 Å². The largest absolute Gasteiger partial charge is 0.384 e. The Hall–Kier alpha value is -1.62. The first-order valence-corrected chi connectivity index (χ1v) is 6.40. The van der Waals surface area contributed by atoms with Gasteiger partial charge in [0.15, 0.2) is 0 Å². The standard InChI is InChI=1S/C13H20N4O/c1-9-5-3-6-10(2)17(9)16-13(18)11-7-4-8-12(14)15-11/h4,7-10H,3,5-6H2,1-2H3,(H2,14,15)(H,16,18). The second-order valence-electron chi connectivity index (χ2n) is 4.92. The lowest BCUT2D eigenvalue weighted by atomic mass is 10.00. The number of nitrogens with zero attached hydrogens (tertiary/aromatic N) is 2. The molecule has 0 radical (unpaired) electrons. The van der Waals surface area contributed by atoms with Crippen molar-refractivity contribution in [3.05, 3.63) is 23.9 Å². The van der Waals surface area contributed by atoms with Crippen LogP contribution >= 0.6 is 0 Å². The van der Waals surface area contributed by atoms with Crippen LogP contribution in [0, 0.1) is 0 Å². The molecule has 3 N–H and O–H groups in total. The fraction of sp³-hybridized carbons (Fsp3) is 0.538. The number of hydrazine groups is 1. The number of nitrogens with two attached hydrogens (primary N) is 1. The summed E-state index contributed by atoms with van der Waals surface area (Å²) in [6.07, 6.45) is 3.43. The van der Waals surface area contributed by atoms with Gasteiger partial charge in [-0.15, -0.1) is 0 Å². The minimum Gasteiger partial charge on any atom is -0.384 e. The molecule has 2 heterocycles. The summed E-state index contributed by atoms with van der Waals surface area (Å²) in [5.41, 5.74) is 8.88. The fourth-order valence-corrected chi connectivity index (χ4v) is 2.39. The molecule has 0 spiro atoms. The molecule has 2 atom stereocenters. The van der Waals surface area contributed by atoms with Crippen molar-refractivity contribution in [2.75, 3.05) is 5.73 Å². The van der Waals surface area contributed by atoms with Crippen LogP contribution in [0.2, 0.25) is 0 Å². The molecule has 1 aromatic rings. The molecule has 1 aliphatic heterocycles. The number of nitrogen functional groups attached to an aromatic ring is 1. The Balaban J connectivity index is 2.06. The minimum atomic E-state index is -0.192. The zero-order valence-electron chi connectivity index (χ0n) is 10.9. The molecule has 0 aliphatic carbocycles. The Morgan fingerprint density at radius 1 is 1.39 bits per heavy atom. The van der Waals surface area contributed by atoms with Crippen LogP contribution in [0.5, 0.6) is 0 Å². The minimum absolute atomic E-state index is 0.192. The lowest BCUT2D eigenvalue weighted by Gasteiger charge is -2.38. The molecule has 18 heavy (non-hydrogen) atoms. The lowest BCUT2D eigenvalue weighted by molar-refractivity contribution is 0.0366. The van der Waals surface area contributed by atoms with E-state index in [0.29, 0.717) is 23.6 Å². The van der Waals surface area contributed by atoms with E-state index in [9.17, 15) is 4.79 Å². The highest BCUT2D eigenvalue weighted by Gasteiger charge is 2.26. The molecule has 2 unspecified atom stereocenters. The van der Waals surface area contributed by atoms with Gasteiger partial charge in [-0.2, -0.15) is 0 Å². The smallest absolute Gasteiger partial charge is 0.284 e. The first kappa shape index (κ1) is 12.8. The van der Waals surface area contributed by atoms with Crippen LogP contribution in [-0.2, 0) is 0 Å². The van der Waals surface area contributed by atoms with E-state index in [-0.39, 0.29) is 5.91 Å². The fourth-order valence-electron chi connectivity index (χ4n) is 2.39. The number of rotatable bonds is 2. The molecule has 0 saturated carbocycles. The normalized spacial score (nSPS) is 24.8. The Bertz CT molecular complexity index is 425. The molecular formula is C13H20N4O. The zero-order valence-corrected chi connectivity index (χ0v) is 10.9. The molecule has 1 aliphatic rings. The average molecular weight is 248 g/mol. The molecule has 1 amide bonds. The molecule has 1 saturated heterocycles. The van der Waals surface area contributed by atoms with Gasteiger partial charge in [-0.3, -0.25) is 10.2 Å². The second-order valence-corrected chi connectivity index (χ2v) is 4.92. The van der Waals surface area contributed by atoms with E-state index in [1.165, 1.54) is 6.42 Å². The number of pyridine rings is 1. The summed E-state index contributed by atoms with van der Waals surface area (Å²) in [5.74, 6) is 0.172. The summed E-state index contributed by atoms with van der Waals surface area (Å²) in [4.78, 5) is 16.1.